The van der Waals surface area contributed by atoms with E-state index in [1.54, 1.807) is 6.26 Å². The van der Waals surface area contributed by atoms with E-state index in [-0.39, 0.29) is 20.4 Å². The largest absolute Gasteiger partial charge is 0.473 e. The Labute approximate surface area is 82.0 Å². The molecule has 65 valence electrons. The van der Waals surface area contributed by atoms with E-state index in [1.807, 2.05) is 13.8 Å². The minimum absolute atomic E-state index is 0. The smallest absolute Gasteiger partial charge is 0 e. The molecule has 0 saturated carbocycles. The van der Waals surface area contributed by atoms with Gasteiger partial charge in [0.05, 0.1) is 0 Å². The first-order valence-corrected chi connectivity index (χ1v) is 3.62. The van der Waals surface area contributed by atoms with Gasteiger partial charge in [-0.25, -0.2) is 5.16 Å². The molecule has 0 aliphatic rings. The van der Waals surface area contributed by atoms with Gasteiger partial charge in [-0.05, 0) is 6.26 Å². The maximum absolute atomic E-state index is 4.57. The van der Waals surface area contributed by atoms with E-state index in [0.29, 0.717) is 5.92 Å². The van der Waals surface area contributed by atoms with E-state index >= 15 is 0 Å². The maximum atomic E-state index is 4.57. The molecule has 0 N–H and O–H groups in total. The topological polar surface area (TPSA) is 26.0 Å². The quantitative estimate of drug-likeness (QED) is 0.742. The molecule has 2 nitrogen and oxygen atoms in total. The summed E-state index contributed by atoms with van der Waals surface area (Å²) in [5.74, 6) is 0.473. The predicted molar refractivity (Wildman–Crippen MR) is 40.8 cm³/mol. The fourth-order valence-corrected chi connectivity index (χ4v) is 0.454. The van der Waals surface area contributed by atoms with Gasteiger partial charge in [-0.2, -0.15) is 5.56 Å². The molecule has 0 aromatic carbocycles. The minimum Gasteiger partial charge on any atom is -0.473 e. The first kappa shape index (κ1) is 13.5. The zero-order valence-corrected chi connectivity index (χ0v) is 10.1. The Morgan fingerprint density at radius 2 is 2.00 bits per heavy atom. The molecule has 0 saturated heterocycles. The van der Waals surface area contributed by atoms with Crippen molar-refractivity contribution in [1.29, 1.82) is 0 Å². The third kappa shape index (κ3) is 5.18. The Morgan fingerprint density at radius 3 is 2.18 bits per heavy atom. The van der Waals surface area contributed by atoms with Crippen LogP contribution in [0.3, 0.4) is 0 Å². The van der Waals surface area contributed by atoms with Gasteiger partial charge in [-0.15, -0.1) is 0 Å². The van der Waals surface area contributed by atoms with Crippen LogP contribution in [0.4, 0.5) is 0 Å². The summed E-state index contributed by atoms with van der Waals surface area (Å²) in [6, 6.07) is 0. The van der Waals surface area contributed by atoms with Crippen LogP contribution in [0.25, 0.3) is 0 Å². The van der Waals surface area contributed by atoms with Gasteiger partial charge < -0.3 is 4.52 Å². The van der Waals surface area contributed by atoms with Gasteiger partial charge in [0.15, 0.2) is 0 Å². The number of hydrogen-bond acceptors (Lipinski definition) is 2. The van der Waals surface area contributed by atoms with Crippen LogP contribution in [0.15, 0.2) is 10.8 Å². The molecule has 0 aliphatic heterocycles. The first-order valence-electron chi connectivity index (χ1n) is 3.62. The van der Waals surface area contributed by atoms with Crippen molar-refractivity contribution >= 4 is 0 Å². The van der Waals surface area contributed by atoms with Crippen LogP contribution >= 0.6 is 0 Å². The second-order valence-corrected chi connectivity index (χ2v) is 2.04. The van der Waals surface area contributed by atoms with Crippen molar-refractivity contribution in [3.05, 3.63) is 18.0 Å². The van der Waals surface area contributed by atoms with Gasteiger partial charge in [-0.3, -0.25) is 0 Å². The Hall–Kier alpha value is -0.128. The van der Waals surface area contributed by atoms with Crippen molar-refractivity contribution < 1.29 is 24.9 Å². The van der Waals surface area contributed by atoms with Crippen LogP contribution in [-0.2, 0) is 20.4 Å². The summed E-state index contributed by atoms with van der Waals surface area (Å²) >= 11 is 0. The molecule has 1 rings (SSSR count). The normalized spacial score (nSPS) is 8.09. The monoisotopic (exact) mass is 327 g/mol. The first-order chi connectivity index (χ1) is 4.80. The van der Waals surface area contributed by atoms with Crippen LogP contribution < -0.4 is 0 Å². The molecule has 0 bridgehead atoms. The summed E-state index contributed by atoms with van der Waals surface area (Å²) in [5, 5.41) is 3.44. The third-order valence-electron chi connectivity index (χ3n) is 1.03. The van der Waals surface area contributed by atoms with Crippen molar-refractivity contribution in [3.63, 3.8) is 0 Å². The summed E-state index contributed by atoms with van der Waals surface area (Å²) in [4.78, 5) is 0. The van der Waals surface area contributed by atoms with Gasteiger partial charge >= 0.3 is 0 Å². The van der Waals surface area contributed by atoms with Crippen molar-refractivity contribution in [3.8, 4) is 0 Å². The third-order valence-corrected chi connectivity index (χ3v) is 1.03. The fourth-order valence-electron chi connectivity index (χ4n) is 0.454. The van der Waals surface area contributed by atoms with E-state index in [0.717, 1.165) is 5.56 Å². The number of rotatable bonds is 1. The molecule has 0 fully saturated rings. The molecule has 1 heterocycles. The summed E-state index contributed by atoms with van der Waals surface area (Å²) in [6.45, 7) is 8.14. The van der Waals surface area contributed by atoms with Gasteiger partial charge in [-0.1, -0.05) is 39.8 Å². The molecular formula is C8H14NORe-. The Kier molecular flexibility index (Phi) is 9.76. The van der Waals surface area contributed by atoms with Crippen LogP contribution in [0.2, 0.25) is 0 Å². The van der Waals surface area contributed by atoms with Gasteiger partial charge in [0.1, 0.15) is 0 Å². The van der Waals surface area contributed by atoms with E-state index < -0.39 is 0 Å². The van der Waals surface area contributed by atoms with E-state index in [2.05, 4.69) is 29.7 Å². The van der Waals surface area contributed by atoms with Crippen LogP contribution in [0.5, 0.6) is 0 Å². The fraction of sp³-hybridized carbons (Fsp3) is 0.625. The van der Waals surface area contributed by atoms with Crippen LogP contribution in [0, 0.1) is 6.20 Å². The maximum Gasteiger partial charge on any atom is 0 e. The van der Waals surface area contributed by atoms with Gasteiger partial charge in [0.25, 0.3) is 0 Å². The Morgan fingerprint density at radius 1 is 1.45 bits per heavy atom. The van der Waals surface area contributed by atoms with E-state index in [9.17, 15) is 0 Å². The Bertz CT molecular complexity index is 149. The summed E-state index contributed by atoms with van der Waals surface area (Å²) in [6.07, 6.45) is 4.34. The second-order valence-electron chi connectivity index (χ2n) is 2.04. The van der Waals surface area contributed by atoms with Gasteiger partial charge in [0, 0.05) is 20.4 Å². The molecule has 1 aromatic rings. The molecule has 0 aliphatic carbocycles. The van der Waals surface area contributed by atoms with Gasteiger partial charge in [0.2, 0.25) is 0 Å². The standard InChI is InChI=1S/C6H8NO.C2H6.Re/c1-5(2)6-3-7-8-4-6;1-2;/h4-5H,1-2H3;1-2H3;/q-1;;. The molecule has 3 heteroatoms. The molecule has 0 amide bonds. The molecule has 0 atom stereocenters. The second kappa shape index (κ2) is 7.97. The van der Waals surface area contributed by atoms with Crippen molar-refractivity contribution in [2.45, 2.75) is 33.6 Å². The molecule has 0 spiro atoms. The van der Waals surface area contributed by atoms with E-state index in [1.165, 1.54) is 0 Å². The average molecular weight is 326 g/mol. The van der Waals surface area contributed by atoms with Crippen LogP contribution in [0.1, 0.15) is 39.2 Å². The zero-order chi connectivity index (χ0) is 7.98. The summed E-state index contributed by atoms with van der Waals surface area (Å²) in [7, 11) is 0. The molecule has 1 radical (unpaired) electrons. The molecule has 1 aromatic heterocycles. The average Bonchev–Trinajstić information content (AvgIpc) is 2.42. The SMILES string of the molecule is CC.CC(C)c1[c-]noc1.[Re]. The number of aromatic nitrogens is 1. The Balaban J connectivity index is 0. The van der Waals surface area contributed by atoms with Crippen LogP contribution in [-0.4, -0.2) is 5.16 Å². The molecule has 11 heavy (non-hydrogen) atoms. The number of nitrogens with zero attached hydrogens (tertiary/aromatic N) is 1. The summed E-state index contributed by atoms with van der Waals surface area (Å²) < 4.78 is 4.57. The minimum atomic E-state index is 0. The molecule has 0 unspecified atom stereocenters. The number of hydrogen-bond donors (Lipinski definition) is 0. The van der Waals surface area contributed by atoms with E-state index in [4.69, 9.17) is 0 Å². The van der Waals surface area contributed by atoms with Crippen molar-refractivity contribution in [2.75, 3.05) is 0 Å². The van der Waals surface area contributed by atoms with Crippen molar-refractivity contribution in [2.24, 2.45) is 0 Å². The molecular weight excluding hydrogens is 312 g/mol. The zero-order valence-electron chi connectivity index (χ0n) is 7.39. The van der Waals surface area contributed by atoms with Crippen molar-refractivity contribution in [1.82, 2.24) is 5.16 Å². The predicted octanol–water partition coefficient (Wildman–Crippen LogP) is 2.62. The summed E-state index contributed by atoms with van der Waals surface area (Å²) in [5.41, 5.74) is 1.03.